The van der Waals surface area contributed by atoms with Crippen LogP contribution in [0.1, 0.15) is 47.3 Å². The van der Waals surface area contributed by atoms with Crippen LogP contribution < -0.4 is 29.0 Å². The van der Waals surface area contributed by atoms with Crippen LogP contribution in [-0.4, -0.2) is 42.7 Å². The van der Waals surface area contributed by atoms with Crippen molar-refractivity contribution < 1.29 is 38.4 Å². The summed E-state index contributed by atoms with van der Waals surface area (Å²) >= 11 is 1.49. The minimum absolute atomic E-state index is 0.0189. The molecule has 0 radical (unpaired) electrons. The Kier molecular flexibility index (Phi) is 7.04. The summed E-state index contributed by atoms with van der Waals surface area (Å²) in [6.45, 7) is 0.449. The Morgan fingerprint density at radius 1 is 0.864 bits per heavy atom. The first-order valence-electron chi connectivity index (χ1n) is 14.3. The van der Waals surface area contributed by atoms with Crippen molar-refractivity contribution in [3.63, 3.8) is 0 Å². The summed E-state index contributed by atoms with van der Waals surface area (Å²) in [4.78, 5) is 29.6. The van der Waals surface area contributed by atoms with Crippen LogP contribution in [0.15, 0.2) is 66.9 Å². The zero-order chi connectivity index (χ0) is 30.3. The van der Waals surface area contributed by atoms with Gasteiger partial charge in [0.1, 0.15) is 5.75 Å². The molecular formula is C33H30N2O8S. The molecule has 4 aromatic rings. The van der Waals surface area contributed by atoms with Gasteiger partial charge in [0, 0.05) is 17.5 Å². The van der Waals surface area contributed by atoms with E-state index in [4.69, 9.17) is 28.8 Å². The molecule has 2 saturated carbocycles. The topological polar surface area (TPSA) is 125 Å². The van der Waals surface area contributed by atoms with Crippen LogP contribution in [0.2, 0.25) is 0 Å². The Bertz CT molecular complexity index is 1740. The highest BCUT2D eigenvalue weighted by Gasteiger charge is 2.53. The lowest BCUT2D eigenvalue weighted by Gasteiger charge is -2.15. The number of benzene rings is 3. The van der Waals surface area contributed by atoms with Crippen LogP contribution in [0, 0.1) is 0 Å². The molecule has 0 bridgehead atoms. The average Bonchev–Trinajstić information content (AvgIpc) is 3.86. The molecule has 2 aliphatic carbocycles. The number of thiazole rings is 1. The molecule has 2 N–H and O–H groups in total. The van der Waals surface area contributed by atoms with Crippen molar-refractivity contribution in [3.05, 3.63) is 88.4 Å². The number of ether oxygens (including phenoxy) is 5. The second kappa shape index (κ2) is 11.1. The van der Waals surface area contributed by atoms with Crippen molar-refractivity contribution in [1.29, 1.82) is 0 Å². The van der Waals surface area contributed by atoms with Gasteiger partial charge in [0.25, 0.3) is 0 Å². The maximum Gasteiger partial charge on any atom is 0.314 e. The lowest BCUT2D eigenvalue weighted by molar-refractivity contribution is -0.140. The summed E-state index contributed by atoms with van der Waals surface area (Å²) in [6.07, 6.45) is 5.58. The highest BCUT2D eigenvalue weighted by atomic mass is 32.1. The van der Waals surface area contributed by atoms with E-state index >= 15 is 0 Å². The van der Waals surface area contributed by atoms with Gasteiger partial charge in [-0.1, -0.05) is 30.3 Å². The summed E-state index contributed by atoms with van der Waals surface area (Å²) in [5.74, 6) is 2.86. The van der Waals surface area contributed by atoms with E-state index in [0.29, 0.717) is 41.6 Å². The zero-order valence-corrected chi connectivity index (χ0v) is 24.8. The molecule has 11 heteroatoms. The van der Waals surface area contributed by atoms with E-state index in [1.165, 1.54) is 11.3 Å². The smallest absolute Gasteiger partial charge is 0.314 e. The lowest BCUT2D eigenvalue weighted by atomic mass is 9.94. The molecule has 4 aliphatic rings. The molecule has 0 unspecified atom stereocenters. The molecule has 2 fully saturated rings. The second-order valence-electron chi connectivity index (χ2n) is 11.2. The molecule has 0 saturated heterocycles. The van der Waals surface area contributed by atoms with Gasteiger partial charge in [0.2, 0.25) is 19.5 Å². The SMILES string of the molecule is COc1ccccc1Cc1cnc(NC(=O)C2(c3ccc4c(c3)OCO4)CC2)s1.O=C(O)C1(c2ccc3c(c2)OCO3)CC1. The number of carboxylic acids is 1. The van der Waals surface area contributed by atoms with E-state index in [0.717, 1.165) is 45.9 Å². The number of anilines is 1. The van der Waals surface area contributed by atoms with Crippen molar-refractivity contribution in [2.24, 2.45) is 0 Å². The fourth-order valence-corrected chi connectivity index (χ4v) is 6.44. The number of rotatable bonds is 8. The number of nitrogens with one attached hydrogen (secondary N) is 1. The Hall–Kier alpha value is -4.77. The number of para-hydroxylation sites is 1. The van der Waals surface area contributed by atoms with Gasteiger partial charge in [-0.25, -0.2) is 4.98 Å². The van der Waals surface area contributed by atoms with E-state index in [1.54, 1.807) is 19.2 Å². The first-order chi connectivity index (χ1) is 21.4. The van der Waals surface area contributed by atoms with Crippen molar-refractivity contribution in [2.45, 2.75) is 42.9 Å². The normalized spacial score (nSPS) is 17.2. The van der Waals surface area contributed by atoms with E-state index in [-0.39, 0.29) is 19.5 Å². The van der Waals surface area contributed by atoms with Gasteiger partial charge < -0.3 is 34.1 Å². The molecule has 2 aliphatic heterocycles. The quantitative estimate of drug-likeness (QED) is 0.258. The van der Waals surface area contributed by atoms with Crippen molar-refractivity contribution in [2.75, 3.05) is 26.0 Å². The summed E-state index contributed by atoms with van der Waals surface area (Å²) in [5, 5.41) is 12.8. The molecular weight excluding hydrogens is 584 g/mol. The number of hydrogen-bond acceptors (Lipinski definition) is 9. The van der Waals surface area contributed by atoms with Crippen LogP contribution in [0.25, 0.3) is 0 Å². The number of aliphatic carboxylic acids is 1. The van der Waals surface area contributed by atoms with Crippen molar-refractivity contribution in [1.82, 2.24) is 4.98 Å². The van der Waals surface area contributed by atoms with Gasteiger partial charge in [-0.2, -0.15) is 0 Å². The van der Waals surface area contributed by atoms with Gasteiger partial charge in [0.15, 0.2) is 28.1 Å². The summed E-state index contributed by atoms with van der Waals surface area (Å²) in [7, 11) is 1.67. The predicted octanol–water partition coefficient (Wildman–Crippen LogP) is 5.67. The molecule has 226 valence electrons. The third-order valence-electron chi connectivity index (χ3n) is 8.53. The number of fused-ring (bicyclic) bond motifs is 2. The third kappa shape index (κ3) is 5.17. The number of amides is 1. The maximum atomic E-state index is 13.0. The molecule has 1 aromatic heterocycles. The maximum absolute atomic E-state index is 13.0. The first-order valence-corrected chi connectivity index (χ1v) is 15.1. The first kappa shape index (κ1) is 28.0. The number of carbonyl (C=O) groups excluding carboxylic acids is 1. The molecule has 8 rings (SSSR count). The fourth-order valence-electron chi connectivity index (χ4n) is 5.61. The molecule has 3 aromatic carbocycles. The van der Waals surface area contributed by atoms with E-state index < -0.39 is 16.8 Å². The van der Waals surface area contributed by atoms with E-state index in [2.05, 4.69) is 10.3 Å². The zero-order valence-electron chi connectivity index (χ0n) is 24.0. The van der Waals surface area contributed by atoms with Crippen LogP contribution in [0.3, 0.4) is 0 Å². The number of carbonyl (C=O) groups is 2. The van der Waals surface area contributed by atoms with Crippen molar-refractivity contribution >= 4 is 28.3 Å². The minimum atomic E-state index is -0.749. The molecule has 3 heterocycles. The van der Waals surface area contributed by atoms with Crippen LogP contribution in [0.5, 0.6) is 28.7 Å². The van der Waals surface area contributed by atoms with Gasteiger partial charge in [0.05, 0.1) is 17.9 Å². The van der Waals surface area contributed by atoms with E-state index in [9.17, 15) is 9.59 Å². The van der Waals surface area contributed by atoms with Crippen LogP contribution >= 0.6 is 11.3 Å². The van der Waals surface area contributed by atoms with Gasteiger partial charge in [-0.05, 0) is 72.7 Å². The highest BCUT2D eigenvalue weighted by molar-refractivity contribution is 7.15. The number of carboxylic acid groups (broad SMARTS) is 1. The standard InChI is InChI=1S/C22H20N2O4S.C11H10O4/c1-26-17-5-3-2-4-14(17)10-16-12-23-21(29-16)24-20(25)22(8-9-22)15-6-7-18-19(11-15)28-13-27-18;12-10(13)11(3-4-11)7-1-2-8-9(5-7)15-6-14-8/h2-7,11-12H,8-10,13H2,1H3,(H,23,24,25);1-2,5H,3-4,6H2,(H,12,13). The molecule has 1 amide bonds. The lowest BCUT2D eigenvalue weighted by Crippen LogP contribution is -2.27. The van der Waals surface area contributed by atoms with Crippen molar-refractivity contribution in [3.8, 4) is 28.7 Å². The fraction of sp³-hybridized carbons (Fsp3) is 0.303. The van der Waals surface area contributed by atoms with Crippen LogP contribution in [0.4, 0.5) is 5.13 Å². The van der Waals surface area contributed by atoms with E-state index in [1.807, 2.05) is 54.7 Å². The third-order valence-corrected chi connectivity index (χ3v) is 9.44. The molecule has 0 atom stereocenters. The van der Waals surface area contributed by atoms with Crippen LogP contribution in [-0.2, 0) is 26.8 Å². The molecule has 10 nitrogen and oxygen atoms in total. The molecule has 44 heavy (non-hydrogen) atoms. The Morgan fingerprint density at radius 3 is 2.05 bits per heavy atom. The largest absolute Gasteiger partial charge is 0.496 e. The molecule has 0 spiro atoms. The minimum Gasteiger partial charge on any atom is -0.496 e. The predicted molar refractivity (Wildman–Crippen MR) is 161 cm³/mol. The number of methoxy groups -OCH3 is 1. The van der Waals surface area contributed by atoms with Gasteiger partial charge in [-0.15, -0.1) is 11.3 Å². The van der Waals surface area contributed by atoms with Gasteiger partial charge >= 0.3 is 5.97 Å². The summed E-state index contributed by atoms with van der Waals surface area (Å²) in [5.41, 5.74) is 1.70. The Balaban J connectivity index is 0.000000174. The number of nitrogens with zero attached hydrogens (tertiary/aromatic N) is 1. The Morgan fingerprint density at radius 2 is 1.45 bits per heavy atom. The monoisotopic (exact) mass is 614 g/mol. The number of aromatic nitrogens is 1. The van der Waals surface area contributed by atoms with Gasteiger partial charge in [-0.3, -0.25) is 9.59 Å². The average molecular weight is 615 g/mol. The highest BCUT2D eigenvalue weighted by Crippen LogP contribution is 2.52. The summed E-state index contributed by atoms with van der Waals surface area (Å²) in [6, 6.07) is 19.0. The second-order valence-corrected chi connectivity index (χ2v) is 12.3. The Labute approximate surface area is 257 Å². The number of hydrogen-bond donors (Lipinski definition) is 2. The summed E-state index contributed by atoms with van der Waals surface area (Å²) < 4.78 is 26.7.